The average molecular weight is 312 g/mol. The number of benzene rings is 1. The van der Waals surface area contributed by atoms with Gasteiger partial charge in [-0.15, -0.1) is 0 Å². The first-order chi connectivity index (χ1) is 10.0. The Morgan fingerprint density at radius 2 is 2.19 bits per heavy atom. The van der Waals surface area contributed by atoms with Crippen LogP contribution in [0.1, 0.15) is 18.4 Å². The fourth-order valence-corrected chi connectivity index (χ4v) is 4.09. The van der Waals surface area contributed by atoms with Crippen molar-refractivity contribution in [2.45, 2.75) is 24.3 Å². The van der Waals surface area contributed by atoms with Gasteiger partial charge >= 0.3 is 0 Å². The van der Waals surface area contributed by atoms with Crippen LogP contribution in [0.15, 0.2) is 29.2 Å². The van der Waals surface area contributed by atoms with Gasteiger partial charge in [-0.3, -0.25) is 0 Å². The number of nitrogens with two attached hydrogens (primary N) is 1. The van der Waals surface area contributed by atoms with E-state index in [-0.39, 0.29) is 18.3 Å². The molecule has 5 nitrogen and oxygen atoms in total. The molecule has 0 spiro atoms. The zero-order chi connectivity index (χ0) is 15.3. The van der Waals surface area contributed by atoms with Gasteiger partial charge < -0.3 is 15.7 Å². The van der Waals surface area contributed by atoms with Crippen molar-refractivity contribution in [1.82, 2.24) is 4.90 Å². The maximum absolute atomic E-state index is 12.4. The Hall–Kier alpha value is -0.950. The molecule has 6 heteroatoms. The lowest BCUT2D eigenvalue weighted by molar-refractivity contribution is 0.125. The lowest BCUT2D eigenvalue weighted by Gasteiger charge is -2.31. The first-order valence-corrected chi connectivity index (χ1v) is 9.05. The first kappa shape index (κ1) is 16.4. The van der Waals surface area contributed by atoms with Gasteiger partial charge in [0.2, 0.25) is 0 Å². The molecule has 1 fully saturated rings. The summed E-state index contributed by atoms with van der Waals surface area (Å²) >= 11 is 0. The molecule has 1 saturated heterocycles. The predicted octanol–water partition coefficient (Wildman–Crippen LogP) is 0.623. The van der Waals surface area contributed by atoms with E-state index in [0.29, 0.717) is 18.0 Å². The molecule has 3 N–H and O–H groups in total. The third kappa shape index (κ3) is 4.51. The molecule has 0 saturated carbocycles. The fraction of sp³-hybridized carbons (Fsp3) is 0.600. The van der Waals surface area contributed by atoms with Crippen molar-refractivity contribution >= 4 is 9.84 Å². The van der Waals surface area contributed by atoms with Gasteiger partial charge in [-0.1, -0.05) is 12.1 Å². The van der Waals surface area contributed by atoms with Gasteiger partial charge in [-0.2, -0.15) is 0 Å². The van der Waals surface area contributed by atoms with Crippen LogP contribution in [0, 0.1) is 5.92 Å². The van der Waals surface area contributed by atoms with Crippen molar-refractivity contribution in [3.8, 4) is 0 Å². The number of sulfone groups is 1. The first-order valence-electron chi connectivity index (χ1n) is 7.40. The number of hydrogen-bond acceptors (Lipinski definition) is 5. The van der Waals surface area contributed by atoms with Crippen molar-refractivity contribution in [2.24, 2.45) is 11.7 Å². The number of rotatable bonds is 6. The highest BCUT2D eigenvalue weighted by Crippen LogP contribution is 2.17. The summed E-state index contributed by atoms with van der Waals surface area (Å²) in [6.45, 7) is 2.74. The van der Waals surface area contributed by atoms with Gasteiger partial charge in [0, 0.05) is 26.2 Å². The highest BCUT2D eigenvalue weighted by Gasteiger charge is 2.22. The summed E-state index contributed by atoms with van der Waals surface area (Å²) in [6.07, 6.45) is 2.05. The number of piperidine rings is 1. The molecule has 0 amide bonds. The van der Waals surface area contributed by atoms with Crippen molar-refractivity contribution < 1.29 is 13.5 Å². The lowest BCUT2D eigenvalue weighted by Crippen LogP contribution is -2.39. The van der Waals surface area contributed by atoms with E-state index < -0.39 is 9.84 Å². The number of aliphatic hydroxyl groups excluding tert-OH is 1. The Morgan fingerprint density at radius 1 is 1.38 bits per heavy atom. The molecule has 1 unspecified atom stereocenters. The summed E-state index contributed by atoms with van der Waals surface area (Å²) in [7, 11) is -3.28. The van der Waals surface area contributed by atoms with Crippen LogP contribution in [0.4, 0.5) is 0 Å². The minimum absolute atomic E-state index is 0.110. The van der Waals surface area contributed by atoms with Crippen LogP contribution in [0.3, 0.4) is 0 Å². The van der Waals surface area contributed by atoms with E-state index in [1.165, 1.54) is 0 Å². The number of nitrogens with zero attached hydrogens (tertiary/aromatic N) is 1. The molecule has 2 rings (SSSR count). The van der Waals surface area contributed by atoms with E-state index >= 15 is 0 Å². The Morgan fingerprint density at radius 3 is 2.90 bits per heavy atom. The van der Waals surface area contributed by atoms with E-state index in [9.17, 15) is 13.5 Å². The zero-order valence-electron chi connectivity index (χ0n) is 12.2. The topological polar surface area (TPSA) is 83.6 Å². The van der Waals surface area contributed by atoms with Gasteiger partial charge in [0.1, 0.15) is 0 Å². The highest BCUT2D eigenvalue weighted by atomic mass is 32.2. The third-order valence-corrected chi connectivity index (χ3v) is 5.72. The van der Waals surface area contributed by atoms with E-state index in [2.05, 4.69) is 4.90 Å². The maximum atomic E-state index is 12.4. The minimum Gasteiger partial charge on any atom is -0.396 e. The standard InChI is InChI=1S/C15H24N2O3S/c16-10-13-3-1-5-15(9-13)21(19,20)8-7-17-6-2-4-14(11-17)12-18/h1,3,5,9,14,18H,2,4,6-8,10-12,16H2. The van der Waals surface area contributed by atoms with E-state index in [0.717, 1.165) is 31.5 Å². The van der Waals surface area contributed by atoms with Crippen molar-refractivity contribution in [3.05, 3.63) is 29.8 Å². The molecular formula is C15H24N2O3S. The molecule has 0 aliphatic carbocycles. The SMILES string of the molecule is NCc1cccc(S(=O)(=O)CCN2CCCC(CO)C2)c1. The van der Waals surface area contributed by atoms with Crippen LogP contribution in [0.25, 0.3) is 0 Å². The predicted molar refractivity (Wildman–Crippen MR) is 82.6 cm³/mol. The fourth-order valence-electron chi connectivity index (χ4n) is 2.74. The maximum Gasteiger partial charge on any atom is 0.179 e. The molecule has 1 aromatic rings. The van der Waals surface area contributed by atoms with Crippen LogP contribution in [0.5, 0.6) is 0 Å². The van der Waals surface area contributed by atoms with E-state index in [1.807, 2.05) is 6.07 Å². The highest BCUT2D eigenvalue weighted by molar-refractivity contribution is 7.91. The second kappa shape index (κ2) is 7.35. The minimum atomic E-state index is -3.28. The zero-order valence-corrected chi connectivity index (χ0v) is 13.1. The number of hydrogen-bond donors (Lipinski definition) is 2. The van der Waals surface area contributed by atoms with Crippen LogP contribution in [0.2, 0.25) is 0 Å². The van der Waals surface area contributed by atoms with Crippen molar-refractivity contribution in [3.63, 3.8) is 0 Å². The van der Waals surface area contributed by atoms with Gasteiger partial charge in [-0.05, 0) is 43.0 Å². The second-order valence-electron chi connectivity index (χ2n) is 5.66. The average Bonchev–Trinajstić information content (AvgIpc) is 2.53. The summed E-state index contributed by atoms with van der Waals surface area (Å²) in [5.74, 6) is 0.390. The normalized spacial score (nSPS) is 20.6. The molecule has 1 aliphatic rings. The smallest absolute Gasteiger partial charge is 0.179 e. The molecule has 0 aromatic heterocycles. The van der Waals surface area contributed by atoms with Gasteiger partial charge in [0.15, 0.2) is 9.84 Å². The van der Waals surface area contributed by atoms with Crippen LogP contribution >= 0.6 is 0 Å². The van der Waals surface area contributed by atoms with Crippen molar-refractivity contribution in [1.29, 1.82) is 0 Å². The number of aliphatic hydroxyl groups is 1. The van der Waals surface area contributed by atoms with Gasteiger partial charge in [0.05, 0.1) is 10.6 Å². The second-order valence-corrected chi connectivity index (χ2v) is 7.77. The molecule has 1 aromatic carbocycles. The molecule has 1 aliphatic heterocycles. The van der Waals surface area contributed by atoms with E-state index in [1.54, 1.807) is 18.2 Å². The van der Waals surface area contributed by atoms with Gasteiger partial charge in [-0.25, -0.2) is 8.42 Å². The Balaban J connectivity index is 1.97. The monoisotopic (exact) mass is 312 g/mol. The molecule has 1 heterocycles. The van der Waals surface area contributed by atoms with Gasteiger partial charge in [0.25, 0.3) is 0 Å². The molecule has 118 valence electrons. The third-order valence-electron chi connectivity index (χ3n) is 4.03. The number of likely N-dealkylation sites (tertiary alicyclic amines) is 1. The molecular weight excluding hydrogens is 288 g/mol. The Bertz CT molecular complexity index is 560. The summed E-state index contributed by atoms with van der Waals surface area (Å²) < 4.78 is 24.8. The van der Waals surface area contributed by atoms with E-state index in [4.69, 9.17) is 5.73 Å². The molecule has 21 heavy (non-hydrogen) atoms. The lowest BCUT2D eigenvalue weighted by atomic mass is 9.99. The Labute approximate surface area is 126 Å². The van der Waals surface area contributed by atoms with Crippen molar-refractivity contribution in [2.75, 3.05) is 32.0 Å². The van der Waals surface area contributed by atoms with Crippen LogP contribution in [-0.4, -0.2) is 50.4 Å². The largest absolute Gasteiger partial charge is 0.396 e. The van der Waals surface area contributed by atoms with Crippen LogP contribution in [-0.2, 0) is 16.4 Å². The Kier molecular flexibility index (Phi) is 5.75. The molecule has 0 radical (unpaired) electrons. The van der Waals surface area contributed by atoms with Crippen LogP contribution < -0.4 is 5.73 Å². The quantitative estimate of drug-likeness (QED) is 0.805. The summed E-state index contributed by atoms with van der Waals surface area (Å²) in [5.41, 5.74) is 6.38. The summed E-state index contributed by atoms with van der Waals surface area (Å²) in [5, 5.41) is 9.22. The summed E-state index contributed by atoms with van der Waals surface area (Å²) in [4.78, 5) is 2.48. The summed E-state index contributed by atoms with van der Waals surface area (Å²) in [6, 6.07) is 6.84. The molecule has 1 atom stereocenters. The molecule has 0 bridgehead atoms.